The molecule has 0 saturated heterocycles. The van der Waals surface area contributed by atoms with Gasteiger partial charge in [-0.25, -0.2) is 13.2 Å². The lowest BCUT2D eigenvalue weighted by Gasteiger charge is -2.08. The molecular weight excluding hydrogens is 369 g/mol. The van der Waals surface area contributed by atoms with Crippen molar-refractivity contribution in [1.82, 2.24) is 5.32 Å². The molecule has 0 aliphatic carbocycles. The third-order valence-electron chi connectivity index (χ3n) is 3.95. The van der Waals surface area contributed by atoms with Gasteiger partial charge in [-0.3, -0.25) is 9.59 Å². The number of carbonyl (C=O) groups excluding carboxylic acids is 2. The van der Waals surface area contributed by atoms with E-state index >= 15 is 0 Å². The van der Waals surface area contributed by atoms with E-state index in [4.69, 9.17) is 0 Å². The lowest BCUT2D eigenvalue weighted by atomic mass is 10.1. The lowest BCUT2D eigenvalue weighted by Crippen LogP contribution is -2.23. The van der Waals surface area contributed by atoms with Crippen LogP contribution in [0.15, 0.2) is 66.7 Å². The summed E-state index contributed by atoms with van der Waals surface area (Å²) in [7, 11) is 0. The maximum absolute atomic E-state index is 13.6. The van der Waals surface area contributed by atoms with Gasteiger partial charge in [-0.2, -0.15) is 0 Å². The largest absolute Gasteiger partial charge is 0.348 e. The molecule has 0 atom stereocenters. The van der Waals surface area contributed by atoms with E-state index in [1.165, 1.54) is 36.4 Å². The van der Waals surface area contributed by atoms with E-state index in [2.05, 4.69) is 10.6 Å². The predicted molar refractivity (Wildman–Crippen MR) is 98.3 cm³/mol. The van der Waals surface area contributed by atoms with E-state index in [1.807, 2.05) is 0 Å². The maximum Gasteiger partial charge on any atom is 0.255 e. The number of benzene rings is 3. The van der Waals surface area contributed by atoms with Crippen LogP contribution in [0.1, 0.15) is 26.3 Å². The van der Waals surface area contributed by atoms with Gasteiger partial charge in [-0.1, -0.05) is 12.1 Å². The molecule has 7 heteroatoms. The highest BCUT2D eigenvalue weighted by Gasteiger charge is 2.12. The second kappa shape index (κ2) is 8.39. The van der Waals surface area contributed by atoms with Crippen molar-refractivity contribution in [2.75, 3.05) is 5.32 Å². The predicted octanol–water partition coefficient (Wildman–Crippen LogP) is 4.29. The van der Waals surface area contributed by atoms with Gasteiger partial charge in [0.05, 0.1) is 5.69 Å². The molecule has 0 radical (unpaired) electrons. The van der Waals surface area contributed by atoms with Gasteiger partial charge in [0.1, 0.15) is 17.5 Å². The van der Waals surface area contributed by atoms with E-state index in [0.717, 1.165) is 17.7 Å². The van der Waals surface area contributed by atoms with Gasteiger partial charge in [0.2, 0.25) is 0 Å². The van der Waals surface area contributed by atoms with E-state index in [-0.39, 0.29) is 29.5 Å². The van der Waals surface area contributed by atoms with Crippen molar-refractivity contribution >= 4 is 17.5 Å². The molecule has 142 valence electrons. The molecule has 0 aliphatic rings. The van der Waals surface area contributed by atoms with Crippen molar-refractivity contribution < 1.29 is 22.8 Å². The third-order valence-corrected chi connectivity index (χ3v) is 3.95. The van der Waals surface area contributed by atoms with Gasteiger partial charge in [0.25, 0.3) is 11.8 Å². The Balaban J connectivity index is 1.61. The third kappa shape index (κ3) is 4.76. The van der Waals surface area contributed by atoms with E-state index < -0.39 is 17.5 Å². The van der Waals surface area contributed by atoms with Gasteiger partial charge in [0.15, 0.2) is 0 Å². The minimum Gasteiger partial charge on any atom is -0.348 e. The molecule has 0 aliphatic heterocycles. The number of anilines is 1. The molecular formula is C21H15F3N2O2. The highest BCUT2D eigenvalue weighted by atomic mass is 19.1. The zero-order chi connectivity index (χ0) is 20.1. The summed E-state index contributed by atoms with van der Waals surface area (Å²) < 4.78 is 39.4. The number of hydrogen-bond donors (Lipinski definition) is 2. The Hall–Kier alpha value is -3.61. The van der Waals surface area contributed by atoms with Crippen LogP contribution in [0.3, 0.4) is 0 Å². The van der Waals surface area contributed by atoms with Crippen LogP contribution in [0.25, 0.3) is 0 Å². The Kier molecular flexibility index (Phi) is 5.74. The first kappa shape index (κ1) is 19.2. The molecule has 0 aromatic heterocycles. The Bertz CT molecular complexity index is 1000. The van der Waals surface area contributed by atoms with Crippen molar-refractivity contribution in [2.45, 2.75) is 6.54 Å². The number of rotatable bonds is 5. The summed E-state index contributed by atoms with van der Waals surface area (Å²) in [5.41, 5.74) is 1.13. The van der Waals surface area contributed by atoms with Crippen molar-refractivity contribution in [3.05, 3.63) is 101 Å². The van der Waals surface area contributed by atoms with Crippen LogP contribution in [-0.2, 0) is 6.54 Å². The van der Waals surface area contributed by atoms with Crippen LogP contribution < -0.4 is 10.6 Å². The van der Waals surface area contributed by atoms with Crippen molar-refractivity contribution in [2.24, 2.45) is 0 Å². The van der Waals surface area contributed by atoms with Crippen LogP contribution in [0.4, 0.5) is 18.9 Å². The molecule has 3 aromatic carbocycles. The van der Waals surface area contributed by atoms with Gasteiger partial charge in [-0.15, -0.1) is 0 Å². The normalized spacial score (nSPS) is 10.4. The molecule has 0 fully saturated rings. The van der Waals surface area contributed by atoms with Gasteiger partial charge in [-0.05, 0) is 54.1 Å². The molecule has 3 rings (SSSR count). The van der Waals surface area contributed by atoms with E-state index in [1.54, 1.807) is 12.1 Å². The molecule has 0 bridgehead atoms. The molecule has 2 N–H and O–H groups in total. The summed E-state index contributed by atoms with van der Waals surface area (Å²) in [6.45, 7) is 0.227. The first-order chi connectivity index (χ1) is 13.4. The molecule has 3 aromatic rings. The van der Waals surface area contributed by atoms with Gasteiger partial charge >= 0.3 is 0 Å². The minimum absolute atomic E-state index is 0.146. The quantitative estimate of drug-likeness (QED) is 0.690. The van der Waals surface area contributed by atoms with E-state index in [9.17, 15) is 22.8 Å². The second-order valence-electron chi connectivity index (χ2n) is 5.96. The smallest absolute Gasteiger partial charge is 0.255 e. The Morgan fingerprint density at radius 3 is 1.89 bits per heavy atom. The summed E-state index contributed by atoms with van der Waals surface area (Å²) in [4.78, 5) is 24.3. The number of halogens is 3. The molecule has 28 heavy (non-hydrogen) atoms. The number of hydrogen-bond acceptors (Lipinski definition) is 2. The monoisotopic (exact) mass is 384 g/mol. The van der Waals surface area contributed by atoms with Crippen LogP contribution in [0, 0.1) is 17.5 Å². The molecule has 0 heterocycles. The van der Waals surface area contributed by atoms with Crippen LogP contribution >= 0.6 is 0 Å². The number of nitrogens with one attached hydrogen (secondary N) is 2. The maximum atomic E-state index is 13.6. The number of carbonyl (C=O) groups is 2. The average Bonchev–Trinajstić information content (AvgIpc) is 2.69. The molecule has 2 amide bonds. The van der Waals surface area contributed by atoms with Crippen LogP contribution in [0.2, 0.25) is 0 Å². The first-order valence-electron chi connectivity index (χ1n) is 8.31. The van der Waals surface area contributed by atoms with Crippen molar-refractivity contribution in [3.63, 3.8) is 0 Å². The van der Waals surface area contributed by atoms with Gasteiger partial charge in [0, 0.05) is 23.7 Å². The molecule has 4 nitrogen and oxygen atoms in total. The van der Waals surface area contributed by atoms with Gasteiger partial charge < -0.3 is 10.6 Å². The Morgan fingerprint density at radius 2 is 1.29 bits per heavy atom. The highest BCUT2D eigenvalue weighted by Crippen LogP contribution is 2.16. The summed E-state index contributed by atoms with van der Waals surface area (Å²) in [5, 5.41) is 5.03. The fourth-order valence-electron chi connectivity index (χ4n) is 2.44. The Morgan fingerprint density at radius 1 is 0.714 bits per heavy atom. The fourth-order valence-corrected chi connectivity index (χ4v) is 2.44. The second-order valence-corrected chi connectivity index (χ2v) is 5.96. The van der Waals surface area contributed by atoms with E-state index in [0.29, 0.717) is 11.6 Å². The summed E-state index contributed by atoms with van der Waals surface area (Å²) in [6, 6.07) is 14.3. The zero-order valence-corrected chi connectivity index (χ0v) is 14.5. The highest BCUT2D eigenvalue weighted by molar-refractivity contribution is 6.05. The summed E-state index contributed by atoms with van der Waals surface area (Å²) in [5.74, 6) is -2.94. The fraction of sp³-hybridized carbons (Fsp3) is 0.0476. The standard InChI is InChI=1S/C21H15F3N2O2/c22-16-7-1-13(2-8-16)12-25-20(27)14-3-5-15(6-4-14)21(28)26-19-10-9-17(23)11-18(19)24/h1-11H,12H2,(H,25,27)(H,26,28). The molecule has 0 spiro atoms. The summed E-state index contributed by atoms with van der Waals surface area (Å²) in [6.07, 6.45) is 0. The summed E-state index contributed by atoms with van der Waals surface area (Å²) >= 11 is 0. The zero-order valence-electron chi connectivity index (χ0n) is 14.5. The SMILES string of the molecule is O=C(NCc1ccc(F)cc1)c1ccc(C(=O)Nc2ccc(F)cc2F)cc1. The number of amides is 2. The minimum atomic E-state index is -0.884. The molecule has 0 saturated carbocycles. The lowest BCUT2D eigenvalue weighted by molar-refractivity contribution is 0.0949. The van der Waals surface area contributed by atoms with Crippen LogP contribution in [0.5, 0.6) is 0 Å². The first-order valence-corrected chi connectivity index (χ1v) is 8.31. The average molecular weight is 384 g/mol. The topological polar surface area (TPSA) is 58.2 Å². The molecule has 0 unspecified atom stereocenters. The van der Waals surface area contributed by atoms with Crippen molar-refractivity contribution in [3.8, 4) is 0 Å². The Labute approximate surface area is 159 Å². The van der Waals surface area contributed by atoms with Crippen molar-refractivity contribution in [1.29, 1.82) is 0 Å². The van der Waals surface area contributed by atoms with Crippen LogP contribution in [-0.4, -0.2) is 11.8 Å².